The van der Waals surface area contributed by atoms with E-state index in [2.05, 4.69) is 22.5 Å². The summed E-state index contributed by atoms with van der Waals surface area (Å²) in [6.07, 6.45) is 1.67. The Morgan fingerprint density at radius 3 is 2.78 bits per heavy atom. The van der Waals surface area contributed by atoms with Gasteiger partial charge in [-0.15, -0.1) is 5.10 Å². The number of hydrogen-bond acceptors (Lipinski definition) is 3. The van der Waals surface area contributed by atoms with Crippen LogP contribution in [0, 0.1) is 0 Å². The average molecular weight is 142 g/mol. The Bertz CT molecular complexity index is 228. The summed E-state index contributed by atoms with van der Waals surface area (Å²) in [6, 6.07) is 0. The van der Waals surface area contributed by atoms with Crippen LogP contribution in [0.3, 0.4) is 0 Å². The summed E-state index contributed by atoms with van der Waals surface area (Å²) < 4.78 is 1.55. The van der Waals surface area contributed by atoms with Gasteiger partial charge in [-0.25, -0.2) is 0 Å². The summed E-state index contributed by atoms with van der Waals surface area (Å²) in [6.45, 7) is 0. The molecule has 0 aromatic carbocycles. The highest BCUT2D eigenvalue weighted by atomic mass is 32.1. The van der Waals surface area contributed by atoms with Crippen molar-refractivity contribution in [2.75, 3.05) is 0 Å². The number of aromatic nitrogens is 3. The molecule has 0 aliphatic carbocycles. The fourth-order valence-electron chi connectivity index (χ4n) is 0.460. The zero-order valence-corrected chi connectivity index (χ0v) is 5.72. The van der Waals surface area contributed by atoms with Crippen LogP contribution >= 0.6 is 12.2 Å². The van der Waals surface area contributed by atoms with Crippen LogP contribution in [0.5, 0.6) is 0 Å². The number of nitrogens with zero attached hydrogens (tertiary/aromatic N) is 3. The van der Waals surface area contributed by atoms with Crippen LogP contribution in [-0.2, 0) is 7.05 Å². The molecular weight excluding hydrogens is 136 g/mol. The normalized spacial score (nSPS) is 9.44. The van der Waals surface area contributed by atoms with Gasteiger partial charge in [0.1, 0.15) is 10.7 Å². The molecule has 1 heterocycles. The van der Waals surface area contributed by atoms with Crippen LogP contribution in [0.15, 0.2) is 6.20 Å². The summed E-state index contributed by atoms with van der Waals surface area (Å²) in [5.74, 6) is 0. The van der Waals surface area contributed by atoms with E-state index in [-0.39, 0.29) is 4.99 Å². The number of hydrogen-bond donors (Lipinski definition) is 1. The molecule has 0 saturated heterocycles. The second-order valence-electron chi connectivity index (χ2n) is 1.64. The topological polar surface area (TPSA) is 56.7 Å². The lowest BCUT2D eigenvalue weighted by Crippen LogP contribution is -2.09. The Hall–Kier alpha value is -0.970. The highest BCUT2D eigenvalue weighted by molar-refractivity contribution is 7.80. The number of rotatable bonds is 1. The van der Waals surface area contributed by atoms with Crippen LogP contribution < -0.4 is 5.73 Å². The molecule has 4 nitrogen and oxygen atoms in total. The molecule has 48 valence electrons. The molecular formula is C4H6N4S. The lowest BCUT2D eigenvalue weighted by atomic mass is 10.5. The Morgan fingerprint density at radius 2 is 2.56 bits per heavy atom. The summed E-state index contributed by atoms with van der Waals surface area (Å²) in [5.41, 5.74) is 5.81. The SMILES string of the molecule is Cn1cc(C(N)=S)nn1. The molecule has 9 heavy (non-hydrogen) atoms. The van der Waals surface area contributed by atoms with Crippen molar-refractivity contribution >= 4 is 17.2 Å². The predicted molar refractivity (Wildman–Crippen MR) is 36.9 cm³/mol. The standard InChI is InChI=1S/C4H6N4S/c1-8-2-3(4(5)9)6-7-8/h2H,1H3,(H2,5,9). The van der Waals surface area contributed by atoms with Gasteiger partial charge in [-0.2, -0.15) is 0 Å². The van der Waals surface area contributed by atoms with Crippen molar-refractivity contribution in [3.05, 3.63) is 11.9 Å². The molecule has 0 atom stereocenters. The van der Waals surface area contributed by atoms with E-state index in [0.29, 0.717) is 5.69 Å². The van der Waals surface area contributed by atoms with Crippen LogP contribution in [-0.4, -0.2) is 20.0 Å². The second-order valence-corrected chi connectivity index (χ2v) is 2.08. The molecule has 0 bridgehead atoms. The average Bonchev–Trinajstić information content (AvgIpc) is 2.14. The minimum absolute atomic E-state index is 0.281. The number of aryl methyl sites for hydroxylation is 1. The number of thiocarbonyl (C=S) groups is 1. The third kappa shape index (κ3) is 1.23. The zero-order chi connectivity index (χ0) is 6.85. The Labute approximate surface area is 57.7 Å². The van der Waals surface area contributed by atoms with E-state index in [1.165, 1.54) is 0 Å². The quantitative estimate of drug-likeness (QED) is 0.534. The van der Waals surface area contributed by atoms with Crippen molar-refractivity contribution in [2.45, 2.75) is 0 Å². The molecule has 0 radical (unpaired) electrons. The largest absolute Gasteiger partial charge is 0.388 e. The van der Waals surface area contributed by atoms with Gasteiger partial charge in [0.25, 0.3) is 0 Å². The van der Waals surface area contributed by atoms with Crippen LogP contribution in [0.25, 0.3) is 0 Å². The molecule has 0 fully saturated rings. The van der Waals surface area contributed by atoms with Crippen molar-refractivity contribution in [1.82, 2.24) is 15.0 Å². The lowest BCUT2D eigenvalue weighted by molar-refractivity contribution is 0.714. The highest BCUT2D eigenvalue weighted by Gasteiger charge is 1.98. The molecule has 0 unspecified atom stereocenters. The molecule has 1 aromatic heterocycles. The van der Waals surface area contributed by atoms with Gasteiger partial charge in [-0.05, 0) is 0 Å². The van der Waals surface area contributed by atoms with E-state index in [9.17, 15) is 0 Å². The first kappa shape index (κ1) is 6.15. The molecule has 0 aliphatic rings. The maximum Gasteiger partial charge on any atom is 0.139 e. The summed E-state index contributed by atoms with van der Waals surface area (Å²) in [7, 11) is 1.76. The maximum absolute atomic E-state index is 5.24. The molecule has 1 rings (SSSR count). The van der Waals surface area contributed by atoms with Crippen LogP contribution in [0.2, 0.25) is 0 Å². The van der Waals surface area contributed by atoms with Crippen LogP contribution in [0.4, 0.5) is 0 Å². The zero-order valence-electron chi connectivity index (χ0n) is 4.90. The first-order valence-electron chi connectivity index (χ1n) is 2.36. The van der Waals surface area contributed by atoms with E-state index in [1.807, 2.05) is 0 Å². The summed E-state index contributed by atoms with van der Waals surface area (Å²) in [5, 5.41) is 7.30. The lowest BCUT2D eigenvalue weighted by Gasteiger charge is -1.82. The van der Waals surface area contributed by atoms with Crippen molar-refractivity contribution in [2.24, 2.45) is 12.8 Å². The van der Waals surface area contributed by atoms with Gasteiger partial charge in [0.05, 0.1) is 6.20 Å². The minimum atomic E-state index is 0.281. The van der Waals surface area contributed by atoms with Crippen molar-refractivity contribution in [1.29, 1.82) is 0 Å². The van der Waals surface area contributed by atoms with Crippen molar-refractivity contribution < 1.29 is 0 Å². The molecule has 0 aliphatic heterocycles. The van der Waals surface area contributed by atoms with Gasteiger partial charge < -0.3 is 5.73 Å². The molecule has 5 heteroatoms. The van der Waals surface area contributed by atoms with Gasteiger partial charge in [0.2, 0.25) is 0 Å². The molecule has 0 spiro atoms. The van der Waals surface area contributed by atoms with E-state index < -0.39 is 0 Å². The Morgan fingerprint density at radius 1 is 1.89 bits per heavy atom. The van der Waals surface area contributed by atoms with Gasteiger partial charge >= 0.3 is 0 Å². The maximum atomic E-state index is 5.24. The van der Waals surface area contributed by atoms with E-state index >= 15 is 0 Å². The smallest absolute Gasteiger partial charge is 0.139 e. The van der Waals surface area contributed by atoms with Crippen LogP contribution in [0.1, 0.15) is 5.69 Å². The third-order valence-corrected chi connectivity index (χ3v) is 1.06. The first-order valence-corrected chi connectivity index (χ1v) is 2.77. The summed E-state index contributed by atoms with van der Waals surface area (Å²) >= 11 is 4.64. The predicted octanol–water partition coefficient (Wildman–Crippen LogP) is -0.551. The Kier molecular flexibility index (Phi) is 1.44. The molecule has 1 aromatic rings. The second kappa shape index (κ2) is 2.10. The van der Waals surface area contributed by atoms with Gasteiger partial charge in [-0.3, -0.25) is 4.68 Å². The van der Waals surface area contributed by atoms with Crippen molar-refractivity contribution in [3.63, 3.8) is 0 Å². The number of nitrogens with two attached hydrogens (primary N) is 1. The molecule has 0 amide bonds. The first-order chi connectivity index (χ1) is 4.20. The minimum Gasteiger partial charge on any atom is -0.388 e. The van der Waals surface area contributed by atoms with Crippen molar-refractivity contribution in [3.8, 4) is 0 Å². The monoisotopic (exact) mass is 142 g/mol. The fourth-order valence-corrected chi connectivity index (χ4v) is 0.554. The highest BCUT2D eigenvalue weighted by Crippen LogP contribution is 1.88. The van der Waals surface area contributed by atoms with E-state index in [4.69, 9.17) is 5.73 Å². The fraction of sp³-hybridized carbons (Fsp3) is 0.250. The molecule has 2 N–H and O–H groups in total. The van der Waals surface area contributed by atoms with E-state index in [1.54, 1.807) is 17.9 Å². The Balaban J connectivity index is 2.98. The van der Waals surface area contributed by atoms with Gasteiger partial charge in [-0.1, -0.05) is 17.4 Å². The van der Waals surface area contributed by atoms with Gasteiger partial charge in [0.15, 0.2) is 0 Å². The summed E-state index contributed by atoms with van der Waals surface area (Å²) in [4.78, 5) is 0.281. The van der Waals surface area contributed by atoms with Gasteiger partial charge in [0, 0.05) is 7.05 Å². The molecule has 0 saturated carbocycles. The third-order valence-electron chi connectivity index (χ3n) is 0.855. The van der Waals surface area contributed by atoms with E-state index in [0.717, 1.165) is 0 Å².